The number of carbonyl (C=O) groups excluding carboxylic acids is 1. The molecule has 2 fully saturated rings. The van der Waals surface area contributed by atoms with Crippen LogP contribution in [0.2, 0.25) is 58.6 Å². The van der Waals surface area contributed by atoms with Crippen LogP contribution in [0, 0.1) is 17.8 Å². The summed E-state index contributed by atoms with van der Waals surface area (Å²) in [5.41, 5.74) is -0.716. The molecule has 1 amide bonds. The van der Waals surface area contributed by atoms with Crippen molar-refractivity contribution in [3.05, 3.63) is 9.85 Å². The Labute approximate surface area is 252 Å². The van der Waals surface area contributed by atoms with Gasteiger partial charge < -0.3 is 0 Å². The first-order valence-corrected chi connectivity index (χ1v) is 32.4. The van der Waals surface area contributed by atoms with Crippen molar-refractivity contribution in [1.29, 1.82) is 0 Å². The van der Waals surface area contributed by atoms with Crippen LogP contribution in [-0.2, 0) is 18.6 Å². The zero-order valence-corrected chi connectivity index (χ0v) is 32.7. The molecule has 3 heterocycles. The van der Waals surface area contributed by atoms with E-state index in [0.29, 0.717) is 31.4 Å². The van der Waals surface area contributed by atoms with E-state index in [4.69, 9.17) is 18.6 Å². The van der Waals surface area contributed by atoms with Crippen LogP contribution in [0.1, 0.15) is 60.8 Å². The van der Waals surface area contributed by atoms with Gasteiger partial charge in [-0.3, -0.25) is 0 Å². The van der Waals surface area contributed by atoms with Crippen LogP contribution in [0.5, 0.6) is 0 Å². The van der Waals surface area contributed by atoms with E-state index < -0.39 is 40.5 Å². The number of nitrogens with zero attached hydrogens (tertiary/aromatic N) is 1. The standard InChI is InChI=1S/C28H52NO5Si2.3CH3.Sn/c1-10-36(11-2,12-3)34-25-19-28(33-26(25)24-18-21(4)13-14-31-24)23(6)17-22(5)20-29(28)27(30)32-15-16-35(7,8)9;;;;/h13,21-26H,10-12,15-20H2,1-9H3;3*1H3;/t21-,22-,23+,24-,25-,26-,28+;;;;/m0..../s1. The van der Waals surface area contributed by atoms with E-state index in [-0.39, 0.29) is 30.3 Å². The number of likely N-dealkylation sites (tertiary alicyclic amines) is 1. The zero-order chi connectivity index (χ0) is 30.1. The molecule has 3 aliphatic rings. The van der Waals surface area contributed by atoms with Crippen molar-refractivity contribution in [2.75, 3.05) is 13.2 Å². The molecule has 232 valence electrons. The molecule has 3 aliphatic heterocycles. The number of carbonyl (C=O) groups is 1. The third-order valence-electron chi connectivity index (χ3n) is 9.73. The maximum atomic E-state index is 13.8. The number of hydrogen-bond donors (Lipinski definition) is 0. The van der Waals surface area contributed by atoms with Crippen LogP contribution in [0.4, 0.5) is 4.79 Å². The minimum atomic E-state index is -2.45. The van der Waals surface area contributed by atoms with Gasteiger partial charge in [-0.15, -0.1) is 0 Å². The average Bonchev–Trinajstić information content (AvgIpc) is 3.23. The van der Waals surface area contributed by atoms with E-state index in [9.17, 15) is 4.79 Å². The molecule has 0 aromatic carbocycles. The van der Waals surface area contributed by atoms with Crippen molar-refractivity contribution in [1.82, 2.24) is 4.90 Å². The summed E-state index contributed by atoms with van der Waals surface area (Å²) in [5.74, 6) is 1.04. The number of amides is 1. The molecule has 0 aromatic rings. The van der Waals surface area contributed by atoms with Gasteiger partial charge in [0.05, 0.1) is 0 Å². The molecular formula is C31H61NO5Si2Sn. The van der Waals surface area contributed by atoms with E-state index in [1.54, 1.807) is 0 Å². The molecule has 0 unspecified atom stereocenters. The minimum Gasteiger partial charge on any atom is -0.0694 e. The Balaban J connectivity index is 1.99. The fourth-order valence-corrected chi connectivity index (χ4v) is 14.2. The Morgan fingerprint density at radius 3 is 2.25 bits per heavy atom. The van der Waals surface area contributed by atoms with E-state index in [1.807, 2.05) is 4.90 Å². The van der Waals surface area contributed by atoms with Crippen LogP contribution < -0.4 is 0 Å². The fourth-order valence-electron chi connectivity index (χ4n) is 6.92. The summed E-state index contributed by atoms with van der Waals surface area (Å²) in [4.78, 5) is 23.0. The Morgan fingerprint density at radius 2 is 1.70 bits per heavy atom. The summed E-state index contributed by atoms with van der Waals surface area (Å²) in [6, 6.07) is 4.25. The Morgan fingerprint density at radius 1 is 1.07 bits per heavy atom. The van der Waals surface area contributed by atoms with Crippen molar-refractivity contribution in [2.24, 2.45) is 17.8 Å². The van der Waals surface area contributed by atoms with Crippen LogP contribution in [0.15, 0.2) is 9.85 Å². The molecule has 1 spiro atoms. The van der Waals surface area contributed by atoms with Gasteiger partial charge in [-0.25, -0.2) is 0 Å². The van der Waals surface area contributed by atoms with Gasteiger partial charge in [0.15, 0.2) is 0 Å². The molecule has 40 heavy (non-hydrogen) atoms. The molecule has 6 nitrogen and oxygen atoms in total. The third kappa shape index (κ3) is 7.91. The average molecular weight is 703 g/mol. The molecule has 0 radical (unpaired) electrons. The number of piperidine rings is 1. The van der Waals surface area contributed by atoms with Gasteiger partial charge in [-0.1, -0.05) is 19.6 Å². The first kappa shape index (κ1) is 34.5. The molecule has 0 N–H and O–H groups in total. The molecule has 0 bridgehead atoms. The van der Waals surface area contributed by atoms with Crippen molar-refractivity contribution >= 4 is 40.9 Å². The van der Waals surface area contributed by atoms with E-state index in [1.165, 1.54) is 3.78 Å². The first-order chi connectivity index (χ1) is 18.5. The van der Waals surface area contributed by atoms with Gasteiger partial charge >= 0.3 is 234 Å². The second-order valence-electron chi connectivity index (χ2n) is 15.5. The summed E-state index contributed by atoms with van der Waals surface area (Å²) in [7, 11) is -3.25. The van der Waals surface area contributed by atoms with Crippen LogP contribution in [-0.4, -0.2) is 82.9 Å². The Bertz CT molecular complexity index is 891. The number of hydrogen-bond acceptors (Lipinski definition) is 5. The first-order valence-electron chi connectivity index (χ1n) is 16.2. The summed E-state index contributed by atoms with van der Waals surface area (Å²) in [6.07, 6.45) is 4.50. The topological polar surface area (TPSA) is 57.2 Å². The van der Waals surface area contributed by atoms with E-state index in [0.717, 1.165) is 37.0 Å². The molecule has 0 aromatic heterocycles. The molecular weight excluding hydrogens is 641 g/mol. The molecule has 9 heteroatoms. The fraction of sp³-hybridized carbons (Fsp3) is 0.903. The van der Waals surface area contributed by atoms with E-state index in [2.05, 4.69) is 82.1 Å². The summed E-state index contributed by atoms with van der Waals surface area (Å²) < 4.78 is 28.7. The van der Waals surface area contributed by atoms with Gasteiger partial charge in [0.2, 0.25) is 0 Å². The van der Waals surface area contributed by atoms with Gasteiger partial charge in [0, 0.05) is 0 Å². The number of allylic oxidation sites excluding steroid dienone is 1. The zero-order valence-electron chi connectivity index (χ0n) is 27.9. The van der Waals surface area contributed by atoms with E-state index >= 15 is 0 Å². The molecule has 2 saturated heterocycles. The van der Waals surface area contributed by atoms with Crippen LogP contribution >= 0.6 is 0 Å². The van der Waals surface area contributed by atoms with Crippen LogP contribution in [0.3, 0.4) is 0 Å². The minimum absolute atomic E-state index is 0.0520. The van der Waals surface area contributed by atoms with Crippen molar-refractivity contribution in [3.63, 3.8) is 0 Å². The molecule has 7 atom stereocenters. The second kappa shape index (κ2) is 13.3. The smallest absolute Gasteiger partial charge is 0.0694 e. The van der Waals surface area contributed by atoms with Gasteiger partial charge in [0.25, 0.3) is 0 Å². The normalized spacial score (nSPS) is 33.6. The third-order valence-corrected chi connectivity index (χ3v) is 21.1. The van der Waals surface area contributed by atoms with Gasteiger partial charge in [0.1, 0.15) is 0 Å². The quantitative estimate of drug-likeness (QED) is 0.214. The summed E-state index contributed by atoms with van der Waals surface area (Å²) in [5, 5.41) is 0. The molecule has 0 aliphatic carbocycles. The molecule has 0 saturated carbocycles. The molecule has 3 rings (SSSR count). The van der Waals surface area contributed by atoms with Gasteiger partial charge in [-0.05, 0) is 0 Å². The predicted octanol–water partition coefficient (Wildman–Crippen LogP) is 8.50. The second-order valence-corrected chi connectivity index (χ2v) is 40.1. The number of rotatable bonds is 10. The van der Waals surface area contributed by atoms with Crippen molar-refractivity contribution in [3.8, 4) is 0 Å². The SMILES string of the molecule is CC[Si](CC)(CC)O[C@H]1C[C@@]2(O[C@H]1[C@@H]1C[C@@H](C)C=[C]([Sn]([CH3])([CH3])[CH3])O1)[C@H](C)C[C@H](C)CN2C(=O)OCC[Si](C)(C)C. The van der Waals surface area contributed by atoms with Crippen LogP contribution in [0.25, 0.3) is 0 Å². The van der Waals surface area contributed by atoms with Crippen molar-refractivity contribution < 1.29 is 23.4 Å². The van der Waals surface area contributed by atoms with Gasteiger partial charge in [-0.2, -0.15) is 0 Å². The summed E-state index contributed by atoms with van der Waals surface area (Å²) >= 11 is -2.45. The maximum absolute atomic E-state index is 13.8. The monoisotopic (exact) mass is 703 g/mol. The summed E-state index contributed by atoms with van der Waals surface area (Å²) in [6.45, 7) is 21.8. The predicted molar refractivity (Wildman–Crippen MR) is 174 cm³/mol. The Kier molecular flexibility index (Phi) is 11.5. The van der Waals surface area contributed by atoms with Crippen molar-refractivity contribution in [2.45, 2.75) is 143 Å². The number of ether oxygens (including phenoxy) is 3. The Hall–Kier alpha value is -0.0375.